The minimum atomic E-state index is -0.479. The summed E-state index contributed by atoms with van der Waals surface area (Å²) >= 11 is 0. The lowest BCUT2D eigenvalue weighted by Crippen LogP contribution is -2.41. The Labute approximate surface area is 109 Å². The van der Waals surface area contributed by atoms with Crippen molar-refractivity contribution >= 4 is 12.6 Å². The molecular weight excluding hydrogens is 227 g/mol. The average molecular weight is 248 g/mol. The Hall–Kier alpha value is -0.835. The third-order valence-electron chi connectivity index (χ3n) is 3.92. The molecule has 0 aliphatic carbocycles. The highest BCUT2D eigenvalue weighted by molar-refractivity contribution is 6.62. The molecule has 1 atom stereocenters. The molecule has 1 heterocycles. The van der Waals surface area contributed by atoms with Gasteiger partial charge in [-0.15, -0.1) is 0 Å². The van der Waals surface area contributed by atoms with Crippen LogP contribution in [-0.2, 0) is 9.31 Å². The molecule has 2 rings (SSSR count). The Morgan fingerprint density at radius 2 is 1.67 bits per heavy atom. The summed E-state index contributed by atoms with van der Waals surface area (Å²) in [6.45, 7) is 9.89. The fraction of sp³-hybridized carbons (Fsp3) is 0.571. The molecule has 0 radical (unpaired) electrons. The van der Waals surface area contributed by atoms with E-state index in [2.05, 4.69) is 0 Å². The predicted molar refractivity (Wildman–Crippen MR) is 72.8 cm³/mol. The van der Waals surface area contributed by atoms with Gasteiger partial charge in [-0.25, -0.2) is 0 Å². The summed E-state index contributed by atoms with van der Waals surface area (Å²) in [7, 11) is -0.367. The number of benzene rings is 1. The Kier molecular flexibility index (Phi) is 3.30. The van der Waals surface area contributed by atoms with Crippen molar-refractivity contribution in [2.75, 3.05) is 0 Å². The summed E-state index contributed by atoms with van der Waals surface area (Å²) in [6.07, 6.45) is -0.479. The number of rotatable bonds is 2. The van der Waals surface area contributed by atoms with Gasteiger partial charge in [0.1, 0.15) is 0 Å². The quantitative estimate of drug-likeness (QED) is 0.814. The first-order valence-electron chi connectivity index (χ1n) is 6.36. The van der Waals surface area contributed by atoms with Crippen molar-refractivity contribution in [3.05, 3.63) is 29.8 Å². The van der Waals surface area contributed by atoms with E-state index >= 15 is 0 Å². The molecule has 1 aliphatic rings. The number of aliphatic hydroxyl groups excluding tert-OH is 1. The van der Waals surface area contributed by atoms with Crippen LogP contribution in [0.4, 0.5) is 0 Å². The number of hydrogen-bond donors (Lipinski definition) is 1. The van der Waals surface area contributed by atoms with E-state index < -0.39 is 6.10 Å². The summed E-state index contributed by atoms with van der Waals surface area (Å²) in [5.74, 6) is 0. The molecule has 1 aromatic carbocycles. The molecule has 4 heteroatoms. The molecule has 1 N–H and O–H groups in total. The van der Waals surface area contributed by atoms with Crippen molar-refractivity contribution in [2.45, 2.75) is 51.9 Å². The standard InChI is InChI=1S/C14H21BO3/c1-10(16)11-7-6-8-12(9-11)15-17-13(2,3)14(4,5)18-15/h6-10,16H,1-5H3/t10-/m1/s1. The second-order valence-electron chi connectivity index (χ2n) is 5.93. The third-order valence-corrected chi connectivity index (χ3v) is 3.92. The van der Waals surface area contributed by atoms with E-state index in [1.165, 1.54) is 0 Å². The molecule has 0 amide bonds. The van der Waals surface area contributed by atoms with Crippen LogP contribution in [0.15, 0.2) is 24.3 Å². The zero-order valence-corrected chi connectivity index (χ0v) is 11.7. The van der Waals surface area contributed by atoms with Gasteiger partial charge in [-0.05, 0) is 45.6 Å². The van der Waals surface area contributed by atoms with Crippen molar-refractivity contribution in [3.8, 4) is 0 Å². The van der Waals surface area contributed by atoms with Crippen LogP contribution in [0.25, 0.3) is 0 Å². The van der Waals surface area contributed by atoms with Gasteiger partial charge in [-0.3, -0.25) is 0 Å². The molecule has 1 fully saturated rings. The van der Waals surface area contributed by atoms with Crippen LogP contribution in [0, 0.1) is 0 Å². The minimum Gasteiger partial charge on any atom is -0.399 e. The highest BCUT2D eigenvalue weighted by atomic mass is 16.7. The topological polar surface area (TPSA) is 38.7 Å². The zero-order valence-electron chi connectivity index (χ0n) is 11.7. The van der Waals surface area contributed by atoms with Gasteiger partial charge in [0, 0.05) is 0 Å². The predicted octanol–water partition coefficient (Wildman–Crippen LogP) is 2.04. The summed E-state index contributed by atoms with van der Waals surface area (Å²) < 4.78 is 12.0. The molecular formula is C14H21BO3. The van der Waals surface area contributed by atoms with Crippen molar-refractivity contribution in [2.24, 2.45) is 0 Å². The van der Waals surface area contributed by atoms with Crippen LogP contribution in [0.2, 0.25) is 0 Å². The smallest absolute Gasteiger partial charge is 0.399 e. The maximum Gasteiger partial charge on any atom is 0.494 e. The molecule has 0 unspecified atom stereocenters. The molecule has 1 aliphatic heterocycles. The van der Waals surface area contributed by atoms with E-state index in [0.29, 0.717) is 0 Å². The Morgan fingerprint density at radius 3 is 2.17 bits per heavy atom. The van der Waals surface area contributed by atoms with E-state index in [4.69, 9.17) is 9.31 Å². The fourth-order valence-electron chi connectivity index (χ4n) is 1.94. The van der Waals surface area contributed by atoms with E-state index in [1.54, 1.807) is 6.92 Å². The summed E-state index contributed by atoms with van der Waals surface area (Å²) in [6, 6.07) is 7.72. The highest BCUT2D eigenvalue weighted by Gasteiger charge is 2.51. The monoisotopic (exact) mass is 248 g/mol. The molecule has 1 saturated heterocycles. The SMILES string of the molecule is C[C@@H](O)c1cccc(B2OC(C)(C)C(C)(C)O2)c1. The largest absolute Gasteiger partial charge is 0.494 e. The molecule has 3 nitrogen and oxygen atoms in total. The Balaban J connectivity index is 2.27. The van der Waals surface area contributed by atoms with E-state index in [0.717, 1.165) is 11.0 Å². The van der Waals surface area contributed by atoms with Crippen molar-refractivity contribution in [1.82, 2.24) is 0 Å². The van der Waals surface area contributed by atoms with E-state index in [-0.39, 0.29) is 18.3 Å². The average Bonchev–Trinajstić information content (AvgIpc) is 2.48. The van der Waals surface area contributed by atoms with Crippen LogP contribution in [-0.4, -0.2) is 23.4 Å². The fourth-order valence-corrected chi connectivity index (χ4v) is 1.94. The maximum absolute atomic E-state index is 9.61. The van der Waals surface area contributed by atoms with Crippen LogP contribution in [0.3, 0.4) is 0 Å². The first kappa shape index (κ1) is 13.6. The van der Waals surface area contributed by atoms with Crippen LogP contribution >= 0.6 is 0 Å². The van der Waals surface area contributed by atoms with Crippen LogP contribution in [0.5, 0.6) is 0 Å². The molecule has 0 bridgehead atoms. The highest BCUT2D eigenvalue weighted by Crippen LogP contribution is 2.36. The van der Waals surface area contributed by atoms with E-state index in [1.807, 2.05) is 52.0 Å². The first-order chi connectivity index (χ1) is 8.23. The number of aliphatic hydroxyl groups is 1. The molecule has 1 aromatic rings. The van der Waals surface area contributed by atoms with Crippen molar-refractivity contribution in [1.29, 1.82) is 0 Å². The lowest BCUT2D eigenvalue weighted by Gasteiger charge is -2.32. The van der Waals surface area contributed by atoms with Gasteiger partial charge in [0.15, 0.2) is 0 Å². The molecule has 0 aromatic heterocycles. The second kappa shape index (κ2) is 4.37. The summed E-state index contributed by atoms with van der Waals surface area (Å²) in [4.78, 5) is 0. The van der Waals surface area contributed by atoms with Gasteiger partial charge in [0.25, 0.3) is 0 Å². The molecule has 98 valence electrons. The second-order valence-corrected chi connectivity index (χ2v) is 5.93. The van der Waals surface area contributed by atoms with Crippen molar-refractivity contribution < 1.29 is 14.4 Å². The lowest BCUT2D eigenvalue weighted by molar-refractivity contribution is 0.00578. The molecule has 18 heavy (non-hydrogen) atoms. The minimum absolute atomic E-state index is 0.335. The number of hydrogen-bond acceptors (Lipinski definition) is 3. The van der Waals surface area contributed by atoms with E-state index in [9.17, 15) is 5.11 Å². The van der Waals surface area contributed by atoms with Gasteiger partial charge in [-0.2, -0.15) is 0 Å². The zero-order chi connectivity index (χ0) is 13.6. The van der Waals surface area contributed by atoms with Gasteiger partial charge in [0.2, 0.25) is 0 Å². The van der Waals surface area contributed by atoms with Crippen molar-refractivity contribution in [3.63, 3.8) is 0 Å². The summed E-state index contributed by atoms with van der Waals surface area (Å²) in [5.41, 5.74) is 1.16. The van der Waals surface area contributed by atoms with Gasteiger partial charge in [-0.1, -0.05) is 24.3 Å². The summed E-state index contributed by atoms with van der Waals surface area (Å²) in [5, 5.41) is 9.61. The Morgan fingerprint density at radius 1 is 1.11 bits per heavy atom. The van der Waals surface area contributed by atoms with Gasteiger partial charge >= 0.3 is 7.12 Å². The molecule has 0 spiro atoms. The third kappa shape index (κ3) is 2.33. The normalized spacial score (nSPS) is 23.1. The Bertz CT molecular complexity index is 424. The maximum atomic E-state index is 9.61. The molecule has 0 saturated carbocycles. The van der Waals surface area contributed by atoms with Crippen LogP contribution < -0.4 is 5.46 Å². The lowest BCUT2D eigenvalue weighted by atomic mass is 9.78. The van der Waals surface area contributed by atoms with Gasteiger partial charge < -0.3 is 14.4 Å². The first-order valence-corrected chi connectivity index (χ1v) is 6.36. The van der Waals surface area contributed by atoms with Crippen LogP contribution in [0.1, 0.15) is 46.3 Å². The van der Waals surface area contributed by atoms with Gasteiger partial charge in [0.05, 0.1) is 17.3 Å².